The Morgan fingerprint density at radius 1 is 1.07 bits per heavy atom. The van der Waals surface area contributed by atoms with Gasteiger partial charge in [-0.05, 0) is 49.2 Å². The lowest BCUT2D eigenvalue weighted by Crippen LogP contribution is -2.48. The van der Waals surface area contributed by atoms with Gasteiger partial charge in [0.15, 0.2) is 0 Å². The molecular formula is C21H28FN3O3S. The maximum absolute atomic E-state index is 13.9. The summed E-state index contributed by atoms with van der Waals surface area (Å²) >= 11 is 0. The molecule has 158 valence electrons. The second-order valence-corrected chi connectivity index (χ2v) is 9.04. The van der Waals surface area contributed by atoms with Gasteiger partial charge >= 0.3 is 0 Å². The van der Waals surface area contributed by atoms with E-state index in [1.807, 2.05) is 24.8 Å². The molecule has 0 amide bonds. The Kier molecular flexibility index (Phi) is 6.77. The average Bonchev–Trinajstić information content (AvgIpc) is 2.69. The third-order valence-corrected chi connectivity index (χ3v) is 6.67. The van der Waals surface area contributed by atoms with Crippen molar-refractivity contribution < 1.29 is 17.5 Å². The molecule has 1 saturated heterocycles. The predicted octanol–water partition coefficient (Wildman–Crippen LogP) is 2.55. The van der Waals surface area contributed by atoms with Crippen LogP contribution in [0.25, 0.3) is 0 Å². The molecule has 0 spiro atoms. The van der Waals surface area contributed by atoms with E-state index in [2.05, 4.69) is 9.62 Å². The van der Waals surface area contributed by atoms with Crippen LogP contribution in [0, 0.1) is 19.7 Å². The summed E-state index contributed by atoms with van der Waals surface area (Å²) in [5, 5.41) is 0. The van der Waals surface area contributed by atoms with E-state index in [0.29, 0.717) is 37.6 Å². The van der Waals surface area contributed by atoms with Crippen molar-refractivity contribution in [3.8, 4) is 5.75 Å². The van der Waals surface area contributed by atoms with Gasteiger partial charge in [-0.3, -0.25) is 4.90 Å². The molecule has 6 nitrogen and oxygen atoms in total. The van der Waals surface area contributed by atoms with Crippen LogP contribution in [0.2, 0.25) is 0 Å². The molecule has 0 bridgehead atoms. The first-order chi connectivity index (χ1) is 13.8. The Labute approximate surface area is 172 Å². The van der Waals surface area contributed by atoms with E-state index in [-0.39, 0.29) is 10.7 Å². The number of para-hydroxylation sites is 1. The Balaban J connectivity index is 1.52. The molecule has 3 rings (SSSR count). The van der Waals surface area contributed by atoms with Crippen molar-refractivity contribution >= 4 is 15.7 Å². The van der Waals surface area contributed by atoms with E-state index in [4.69, 9.17) is 4.74 Å². The summed E-state index contributed by atoms with van der Waals surface area (Å²) in [6.07, 6.45) is 0. The van der Waals surface area contributed by atoms with Crippen LogP contribution in [-0.2, 0) is 10.0 Å². The number of aryl methyl sites for hydroxylation is 2. The van der Waals surface area contributed by atoms with Gasteiger partial charge in [0.25, 0.3) is 0 Å². The predicted molar refractivity (Wildman–Crippen MR) is 113 cm³/mol. The largest absolute Gasteiger partial charge is 0.496 e. The first kappa shape index (κ1) is 21.5. The molecule has 1 aliphatic heterocycles. The van der Waals surface area contributed by atoms with Gasteiger partial charge in [0.1, 0.15) is 11.6 Å². The van der Waals surface area contributed by atoms with Gasteiger partial charge in [0.2, 0.25) is 10.0 Å². The number of piperazine rings is 1. The van der Waals surface area contributed by atoms with E-state index in [1.165, 1.54) is 6.07 Å². The quantitative estimate of drug-likeness (QED) is 0.745. The second-order valence-electron chi connectivity index (χ2n) is 7.27. The van der Waals surface area contributed by atoms with E-state index in [1.54, 1.807) is 31.4 Å². The van der Waals surface area contributed by atoms with Gasteiger partial charge in [-0.25, -0.2) is 17.5 Å². The second kappa shape index (κ2) is 9.11. The lowest BCUT2D eigenvalue weighted by Gasteiger charge is -2.36. The maximum atomic E-state index is 13.9. The van der Waals surface area contributed by atoms with Gasteiger partial charge in [0, 0.05) is 39.3 Å². The number of nitrogens with zero attached hydrogens (tertiary/aromatic N) is 2. The molecule has 0 atom stereocenters. The van der Waals surface area contributed by atoms with Gasteiger partial charge in [-0.15, -0.1) is 0 Å². The SMILES string of the molecule is COc1c(C)cc(S(=O)(=O)NCCN2CCN(c3ccccc3F)CC2)cc1C. The number of nitrogens with one attached hydrogen (secondary N) is 1. The maximum Gasteiger partial charge on any atom is 0.240 e. The molecule has 1 fully saturated rings. The van der Waals surface area contributed by atoms with Crippen molar-refractivity contribution in [3.05, 3.63) is 53.3 Å². The number of anilines is 1. The van der Waals surface area contributed by atoms with Crippen LogP contribution in [0.4, 0.5) is 10.1 Å². The Hall–Kier alpha value is -2.16. The van der Waals surface area contributed by atoms with Crippen LogP contribution in [0.5, 0.6) is 5.75 Å². The minimum absolute atomic E-state index is 0.209. The average molecular weight is 422 g/mol. The standard InChI is InChI=1S/C21H28FN3O3S/c1-16-14-18(15-17(2)21(16)28-3)29(26,27)23-8-9-24-10-12-25(13-11-24)20-7-5-4-6-19(20)22/h4-7,14-15,23H,8-13H2,1-3H3. The summed E-state index contributed by atoms with van der Waals surface area (Å²) in [6.45, 7) is 7.55. The molecule has 0 radical (unpaired) electrons. The van der Waals surface area contributed by atoms with Gasteiger partial charge in [0.05, 0.1) is 17.7 Å². The molecule has 1 heterocycles. The molecule has 0 saturated carbocycles. The molecule has 8 heteroatoms. The topological polar surface area (TPSA) is 61.9 Å². The fraction of sp³-hybridized carbons (Fsp3) is 0.429. The minimum Gasteiger partial charge on any atom is -0.496 e. The summed E-state index contributed by atoms with van der Waals surface area (Å²) in [7, 11) is -2.01. The van der Waals surface area contributed by atoms with Crippen LogP contribution in [0.15, 0.2) is 41.3 Å². The lowest BCUT2D eigenvalue weighted by molar-refractivity contribution is 0.261. The molecule has 0 aromatic heterocycles. The first-order valence-electron chi connectivity index (χ1n) is 9.68. The molecule has 29 heavy (non-hydrogen) atoms. The highest BCUT2D eigenvalue weighted by Gasteiger charge is 2.21. The molecule has 0 aliphatic carbocycles. The molecule has 0 unspecified atom stereocenters. The smallest absolute Gasteiger partial charge is 0.240 e. The summed E-state index contributed by atoms with van der Waals surface area (Å²) in [6, 6.07) is 10.0. The fourth-order valence-corrected chi connectivity index (χ4v) is 4.92. The number of halogens is 1. The molecule has 1 N–H and O–H groups in total. The lowest BCUT2D eigenvalue weighted by atomic mass is 10.1. The van der Waals surface area contributed by atoms with Crippen molar-refractivity contribution in [1.82, 2.24) is 9.62 Å². The number of sulfonamides is 1. The van der Waals surface area contributed by atoms with Gasteiger partial charge in [-0.2, -0.15) is 0 Å². The van der Waals surface area contributed by atoms with E-state index in [9.17, 15) is 12.8 Å². The summed E-state index contributed by atoms with van der Waals surface area (Å²) < 4.78 is 47.2. The van der Waals surface area contributed by atoms with Crippen LogP contribution < -0.4 is 14.4 Å². The van der Waals surface area contributed by atoms with Crippen LogP contribution in [-0.4, -0.2) is 59.7 Å². The van der Waals surface area contributed by atoms with Crippen molar-refractivity contribution in [2.75, 3.05) is 51.3 Å². The molecule has 2 aromatic rings. The molecule has 1 aliphatic rings. The van der Waals surface area contributed by atoms with Crippen molar-refractivity contribution in [3.63, 3.8) is 0 Å². The third-order valence-electron chi connectivity index (χ3n) is 5.23. The van der Waals surface area contributed by atoms with Gasteiger partial charge in [-0.1, -0.05) is 12.1 Å². The third kappa shape index (κ3) is 5.07. The van der Waals surface area contributed by atoms with E-state index < -0.39 is 10.0 Å². The number of hydrogen-bond acceptors (Lipinski definition) is 5. The summed E-state index contributed by atoms with van der Waals surface area (Å²) in [4.78, 5) is 4.46. The number of benzene rings is 2. The Morgan fingerprint density at radius 3 is 2.28 bits per heavy atom. The zero-order chi connectivity index (χ0) is 21.0. The Bertz CT molecular complexity index is 934. The number of rotatable bonds is 7. The highest BCUT2D eigenvalue weighted by molar-refractivity contribution is 7.89. The summed E-state index contributed by atoms with van der Waals surface area (Å²) in [5.74, 6) is 0.496. The summed E-state index contributed by atoms with van der Waals surface area (Å²) in [5.41, 5.74) is 2.20. The number of methoxy groups -OCH3 is 1. The number of ether oxygens (including phenoxy) is 1. The molecular weight excluding hydrogens is 393 g/mol. The minimum atomic E-state index is -3.58. The Morgan fingerprint density at radius 2 is 1.69 bits per heavy atom. The van der Waals surface area contributed by atoms with Crippen molar-refractivity contribution in [2.24, 2.45) is 0 Å². The van der Waals surface area contributed by atoms with Gasteiger partial charge < -0.3 is 9.64 Å². The van der Waals surface area contributed by atoms with Crippen LogP contribution in [0.1, 0.15) is 11.1 Å². The van der Waals surface area contributed by atoms with Crippen molar-refractivity contribution in [1.29, 1.82) is 0 Å². The highest BCUT2D eigenvalue weighted by Crippen LogP contribution is 2.26. The van der Waals surface area contributed by atoms with Crippen LogP contribution in [0.3, 0.4) is 0 Å². The molecule has 2 aromatic carbocycles. The monoisotopic (exact) mass is 421 g/mol. The van der Waals surface area contributed by atoms with E-state index >= 15 is 0 Å². The highest BCUT2D eigenvalue weighted by atomic mass is 32.2. The zero-order valence-electron chi connectivity index (χ0n) is 17.1. The number of hydrogen-bond donors (Lipinski definition) is 1. The van der Waals surface area contributed by atoms with Crippen LogP contribution >= 0.6 is 0 Å². The van der Waals surface area contributed by atoms with Crippen molar-refractivity contribution in [2.45, 2.75) is 18.7 Å². The first-order valence-corrected chi connectivity index (χ1v) is 11.2. The fourth-order valence-electron chi connectivity index (χ4n) is 3.73. The normalized spacial score (nSPS) is 15.5. The van der Waals surface area contributed by atoms with E-state index in [0.717, 1.165) is 24.2 Å². The zero-order valence-corrected chi connectivity index (χ0v) is 17.9.